The standard InChI is InChI=1S/C43H28F2N2O2/c1-27-42(46-34-10-2-6-14-38(34)48-39-15-7-3-11-35(39)46)32(28-18-22-30(44)23-19-28)26-33(29-20-24-31(45)25-21-29)43(27)47-36-12-4-8-16-40(36)49-41-17-9-5-13-37(41)47/h2-26H,1H3. The SMILES string of the molecule is Cc1c(N2c3ccccc3Oc3ccccc32)c(-c2ccc(F)cc2)cc(-c2ccc(F)cc2)c1N1c2ccccc2Oc2ccccc21. The molecule has 9 rings (SSSR count). The number of hydrogen-bond acceptors (Lipinski definition) is 4. The van der Waals surface area contributed by atoms with Crippen LogP contribution in [-0.4, -0.2) is 0 Å². The first kappa shape index (κ1) is 28.8. The van der Waals surface area contributed by atoms with Gasteiger partial charge >= 0.3 is 0 Å². The Hall–Kier alpha value is -6.40. The highest BCUT2D eigenvalue weighted by atomic mass is 19.1. The van der Waals surface area contributed by atoms with Gasteiger partial charge in [0, 0.05) is 11.1 Å². The molecule has 0 aromatic heterocycles. The minimum Gasteiger partial charge on any atom is -0.453 e. The van der Waals surface area contributed by atoms with Crippen LogP contribution in [0.3, 0.4) is 0 Å². The molecule has 7 aromatic carbocycles. The van der Waals surface area contributed by atoms with Gasteiger partial charge in [0.15, 0.2) is 23.0 Å². The van der Waals surface area contributed by atoms with Crippen LogP contribution in [-0.2, 0) is 0 Å². The van der Waals surface area contributed by atoms with E-state index in [0.717, 1.165) is 84.9 Å². The Kier molecular flexibility index (Phi) is 6.69. The van der Waals surface area contributed by atoms with Crippen molar-refractivity contribution in [2.45, 2.75) is 6.92 Å². The average molecular weight is 643 g/mol. The van der Waals surface area contributed by atoms with E-state index in [2.05, 4.69) is 22.8 Å². The summed E-state index contributed by atoms with van der Waals surface area (Å²) < 4.78 is 41.7. The molecule has 6 heteroatoms. The molecule has 0 bridgehead atoms. The van der Waals surface area contributed by atoms with E-state index < -0.39 is 0 Å². The van der Waals surface area contributed by atoms with Crippen molar-refractivity contribution in [1.29, 1.82) is 0 Å². The fraction of sp³-hybridized carbons (Fsp3) is 0.0233. The number of benzene rings is 7. The zero-order chi connectivity index (χ0) is 33.1. The molecule has 0 radical (unpaired) electrons. The number of hydrogen-bond donors (Lipinski definition) is 0. The van der Waals surface area contributed by atoms with Gasteiger partial charge in [0.05, 0.1) is 34.1 Å². The van der Waals surface area contributed by atoms with Crippen LogP contribution in [0.1, 0.15) is 5.56 Å². The molecular weight excluding hydrogens is 614 g/mol. The largest absolute Gasteiger partial charge is 0.453 e. The van der Waals surface area contributed by atoms with E-state index in [0.29, 0.717) is 0 Å². The molecule has 0 unspecified atom stereocenters. The fourth-order valence-electron chi connectivity index (χ4n) is 6.96. The van der Waals surface area contributed by atoms with E-state index in [1.54, 1.807) is 24.3 Å². The quantitative estimate of drug-likeness (QED) is 0.191. The Labute approximate surface area is 282 Å². The lowest BCUT2D eigenvalue weighted by Gasteiger charge is -2.39. The Morgan fingerprint density at radius 3 is 1.04 bits per heavy atom. The number of ether oxygens (including phenoxy) is 2. The first-order valence-electron chi connectivity index (χ1n) is 16.1. The predicted molar refractivity (Wildman–Crippen MR) is 191 cm³/mol. The highest BCUT2D eigenvalue weighted by molar-refractivity contribution is 6.04. The molecule has 7 aromatic rings. The number of fused-ring (bicyclic) bond motifs is 4. The Morgan fingerprint density at radius 1 is 0.408 bits per heavy atom. The van der Waals surface area contributed by atoms with Crippen molar-refractivity contribution in [2.24, 2.45) is 0 Å². The van der Waals surface area contributed by atoms with Crippen LogP contribution in [0.15, 0.2) is 152 Å². The molecule has 0 N–H and O–H groups in total. The van der Waals surface area contributed by atoms with Crippen LogP contribution in [0.2, 0.25) is 0 Å². The summed E-state index contributed by atoms with van der Waals surface area (Å²) in [5, 5.41) is 0. The summed E-state index contributed by atoms with van der Waals surface area (Å²) in [6, 6.07) is 47.2. The number of para-hydroxylation sites is 8. The van der Waals surface area contributed by atoms with Gasteiger partial charge in [0.2, 0.25) is 0 Å². The third kappa shape index (κ3) is 4.72. The van der Waals surface area contributed by atoms with Crippen LogP contribution in [0.5, 0.6) is 23.0 Å². The Bertz CT molecular complexity index is 2130. The van der Waals surface area contributed by atoms with Gasteiger partial charge in [-0.15, -0.1) is 0 Å². The monoisotopic (exact) mass is 642 g/mol. The molecule has 2 aliphatic rings. The van der Waals surface area contributed by atoms with Crippen LogP contribution in [0.4, 0.5) is 42.9 Å². The van der Waals surface area contributed by atoms with Crippen molar-refractivity contribution in [3.05, 3.63) is 169 Å². The molecule has 0 atom stereocenters. The van der Waals surface area contributed by atoms with Crippen molar-refractivity contribution in [1.82, 2.24) is 0 Å². The first-order valence-corrected chi connectivity index (χ1v) is 16.1. The normalized spacial score (nSPS) is 12.6. The molecule has 0 fully saturated rings. The van der Waals surface area contributed by atoms with E-state index >= 15 is 0 Å². The molecule has 2 heterocycles. The number of rotatable bonds is 4. The van der Waals surface area contributed by atoms with Gasteiger partial charge < -0.3 is 19.3 Å². The maximum absolute atomic E-state index is 14.4. The summed E-state index contributed by atoms with van der Waals surface area (Å²) >= 11 is 0. The maximum Gasteiger partial charge on any atom is 0.151 e. The van der Waals surface area contributed by atoms with Gasteiger partial charge in [0.1, 0.15) is 11.6 Å². The predicted octanol–water partition coefficient (Wildman–Crippen LogP) is 12.8. The number of anilines is 6. The number of nitrogens with zero attached hydrogens (tertiary/aromatic N) is 2. The Morgan fingerprint density at radius 2 is 0.714 bits per heavy atom. The second-order valence-electron chi connectivity index (χ2n) is 12.1. The van der Waals surface area contributed by atoms with Crippen molar-refractivity contribution < 1.29 is 18.3 Å². The minimum absolute atomic E-state index is 0.319. The van der Waals surface area contributed by atoms with Crippen molar-refractivity contribution in [3.8, 4) is 45.3 Å². The zero-order valence-corrected chi connectivity index (χ0v) is 26.4. The smallest absolute Gasteiger partial charge is 0.151 e. The summed E-state index contributed by atoms with van der Waals surface area (Å²) in [4.78, 5) is 4.47. The molecule has 49 heavy (non-hydrogen) atoms. The van der Waals surface area contributed by atoms with Crippen molar-refractivity contribution >= 4 is 34.1 Å². The molecule has 0 spiro atoms. The van der Waals surface area contributed by atoms with Gasteiger partial charge in [-0.05, 0) is 102 Å². The lowest BCUT2D eigenvalue weighted by molar-refractivity contribution is 0.477. The van der Waals surface area contributed by atoms with Crippen LogP contribution < -0.4 is 19.3 Å². The molecule has 2 aliphatic heterocycles. The van der Waals surface area contributed by atoms with E-state index in [1.165, 1.54) is 24.3 Å². The third-order valence-corrected chi connectivity index (χ3v) is 9.13. The van der Waals surface area contributed by atoms with Crippen LogP contribution in [0.25, 0.3) is 22.3 Å². The molecule has 236 valence electrons. The molecular formula is C43H28F2N2O2. The Balaban J connectivity index is 1.44. The second-order valence-corrected chi connectivity index (χ2v) is 12.1. The zero-order valence-electron chi connectivity index (χ0n) is 26.4. The van der Waals surface area contributed by atoms with Crippen LogP contribution in [0, 0.1) is 18.6 Å². The lowest BCUT2D eigenvalue weighted by Crippen LogP contribution is -2.21. The highest BCUT2D eigenvalue weighted by Gasteiger charge is 2.34. The summed E-state index contributed by atoms with van der Waals surface area (Å²) in [5.41, 5.74) is 9.65. The van der Waals surface area contributed by atoms with Crippen LogP contribution >= 0.6 is 0 Å². The summed E-state index contributed by atoms with van der Waals surface area (Å²) in [5.74, 6) is 2.24. The minimum atomic E-state index is -0.319. The summed E-state index contributed by atoms with van der Waals surface area (Å²) in [7, 11) is 0. The average Bonchev–Trinajstić information content (AvgIpc) is 3.14. The molecule has 0 aliphatic carbocycles. The fourth-order valence-corrected chi connectivity index (χ4v) is 6.96. The molecule has 4 nitrogen and oxygen atoms in total. The van der Waals surface area contributed by atoms with Gasteiger partial charge in [-0.3, -0.25) is 0 Å². The highest BCUT2D eigenvalue weighted by Crippen LogP contribution is 2.59. The van der Waals surface area contributed by atoms with E-state index in [9.17, 15) is 8.78 Å². The van der Waals surface area contributed by atoms with Gasteiger partial charge in [0.25, 0.3) is 0 Å². The van der Waals surface area contributed by atoms with Gasteiger partial charge in [-0.2, -0.15) is 0 Å². The topological polar surface area (TPSA) is 24.9 Å². The third-order valence-electron chi connectivity index (χ3n) is 9.13. The molecule has 0 saturated heterocycles. The number of halogens is 2. The summed E-state index contributed by atoms with van der Waals surface area (Å²) in [6.45, 7) is 2.12. The van der Waals surface area contributed by atoms with Gasteiger partial charge in [-0.1, -0.05) is 72.8 Å². The second kappa shape index (κ2) is 11.4. The lowest BCUT2D eigenvalue weighted by atomic mass is 9.89. The molecule has 0 amide bonds. The maximum atomic E-state index is 14.4. The van der Waals surface area contributed by atoms with Crippen molar-refractivity contribution in [3.63, 3.8) is 0 Å². The van der Waals surface area contributed by atoms with Crippen molar-refractivity contribution in [2.75, 3.05) is 9.80 Å². The van der Waals surface area contributed by atoms with E-state index in [4.69, 9.17) is 9.47 Å². The first-order chi connectivity index (χ1) is 24.0. The van der Waals surface area contributed by atoms with Gasteiger partial charge in [-0.25, -0.2) is 8.78 Å². The summed E-state index contributed by atoms with van der Waals surface area (Å²) in [6.07, 6.45) is 0. The van der Waals surface area contributed by atoms with E-state index in [-0.39, 0.29) is 11.6 Å². The molecule has 0 saturated carbocycles. The van der Waals surface area contributed by atoms with E-state index in [1.807, 2.05) is 97.1 Å².